The summed E-state index contributed by atoms with van der Waals surface area (Å²) in [6.45, 7) is 6.83. The fourth-order valence-electron chi connectivity index (χ4n) is 1.97. The van der Waals surface area contributed by atoms with Crippen LogP contribution in [0.5, 0.6) is 0 Å². The highest BCUT2D eigenvalue weighted by molar-refractivity contribution is 4.81. The van der Waals surface area contributed by atoms with Crippen molar-refractivity contribution >= 4 is 0 Å². The Kier molecular flexibility index (Phi) is 4.85. The van der Waals surface area contributed by atoms with Gasteiger partial charge in [0.25, 0.3) is 0 Å². The molecule has 1 rings (SSSR count). The summed E-state index contributed by atoms with van der Waals surface area (Å²) in [5.41, 5.74) is 0. The molecule has 3 heteroatoms. The molecule has 0 aromatic rings. The third kappa shape index (κ3) is 3.23. The molecule has 0 saturated carbocycles. The molecule has 1 heterocycles. The van der Waals surface area contributed by atoms with Crippen LogP contribution in [-0.4, -0.2) is 49.0 Å². The Morgan fingerprint density at radius 3 is 2.79 bits per heavy atom. The molecule has 0 aliphatic carbocycles. The second-order valence-corrected chi connectivity index (χ2v) is 4.56. The van der Waals surface area contributed by atoms with Gasteiger partial charge in [-0.2, -0.15) is 0 Å². The van der Waals surface area contributed by atoms with Crippen LogP contribution in [0.15, 0.2) is 0 Å². The molecule has 0 unspecified atom stereocenters. The quantitative estimate of drug-likeness (QED) is 0.723. The van der Waals surface area contributed by atoms with Gasteiger partial charge in [0.05, 0.1) is 12.7 Å². The lowest BCUT2D eigenvalue weighted by atomic mass is 10.1. The Morgan fingerprint density at radius 1 is 1.50 bits per heavy atom. The van der Waals surface area contributed by atoms with Crippen molar-refractivity contribution in [3.63, 3.8) is 0 Å². The Bertz CT molecular complexity index is 161. The summed E-state index contributed by atoms with van der Waals surface area (Å²) in [5, 5.41) is 9.79. The predicted molar refractivity (Wildman–Crippen MR) is 57.3 cm³/mol. The topological polar surface area (TPSA) is 32.7 Å². The Hall–Kier alpha value is -0.120. The Labute approximate surface area is 87.1 Å². The van der Waals surface area contributed by atoms with Crippen LogP contribution in [0.3, 0.4) is 0 Å². The SMILES string of the molecule is COC[C@@H]1CCCN1C[C@@H](O)C(C)C. The maximum atomic E-state index is 9.79. The molecule has 0 aromatic carbocycles. The highest BCUT2D eigenvalue weighted by atomic mass is 16.5. The average Bonchev–Trinajstić information content (AvgIpc) is 2.53. The van der Waals surface area contributed by atoms with Crippen LogP contribution in [0.25, 0.3) is 0 Å². The van der Waals surface area contributed by atoms with Crippen LogP contribution in [-0.2, 0) is 4.74 Å². The maximum Gasteiger partial charge on any atom is 0.0690 e. The molecule has 84 valence electrons. The third-order valence-electron chi connectivity index (χ3n) is 3.05. The zero-order valence-corrected chi connectivity index (χ0v) is 9.57. The smallest absolute Gasteiger partial charge is 0.0690 e. The minimum Gasteiger partial charge on any atom is -0.392 e. The van der Waals surface area contributed by atoms with Gasteiger partial charge in [0.15, 0.2) is 0 Å². The third-order valence-corrected chi connectivity index (χ3v) is 3.05. The predicted octanol–water partition coefficient (Wildman–Crippen LogP) is 1.11. The molecular formula is C11H23NO2. The number of aliphatic hydroxyl groups is 1. The lowest BCUT2D eigenvalue weighted by molar-refractivity contribution is 0.0494. The summed E-state index contributed by atoms with van der Waals surface area (Å²) in [5.74, 6) is 0.346. The summed E-state index contributed by atoms with van der Waals surface area (Å²) < 4.78 is 5.17. The zero-order chi connectivity index (χ0) is 10.6. The first-order valence-corrected chi connectivity index (χ1v) is 5.56. The van der Waals surface area contributed by atoms with E-state index in [0.29, 0.717) is 12.0 Å². The lowest BCUT2D eigenvalue weighted by Crippen LogP contribution is -2.40. The molecule has 1 fully saturated rings. The first-order valence-electron chi connectivity index (χ1n) is 5.56. The summed E-state index contributed by atoms with van der Waals surface area (Å²) in [6, 6.07) is 0.522. The number of likely N-dealkylation sites (tertiary alicyclic amines) is 1. The summed E-state index contributed by atoms with van der Waals surface area (Å²) >= 11 is 0. The standard InChI is InChI=1S/C11H23NO2/c1-9(2)11(13)7-12-6-4-5-10(12)8-14-3/h9-11,13H,4-8H2,1-3H3/t10-,11+/m0/s1. The molecule has 0 bridgehead atoms. The largest absolute Gasteiger partial charge is 0.392 e. The fourth-order valence-corrected chi connectivity index (χ4v) is 1.97. The van der Waals surface area contributed by atoms with Crippen LogP contribution in [0.4, 0.5) is 0 Å². The van der Waals surface area contributed by atoms with E-state index < -0.39 is 0 Å². The normalized spacial score (nSPS) is 25.9. The molecule has 3 nitrogen and oxygen atoms in total. The number of nitrogens with zero attached hydrogens (tertiary/aromatic N) is 1. The van der Waals surface area contributed by atoms with Gasteiger partial charge in [-0.3, -0.25) is 4.90 Å². The van der Waals surface area contributed by atoms with Crippen LogP contribution < -0.4 is 0 Å². The van der Waals surface area contributed by atoms with Gasteiger partial charge in [-0.1, -0.05) is 13.8 Å². The van der Waals surface area contributed by atoms with E-state index in [1.165, 1.54) is 12.8 Å². The number of hydrogen-bond acceptors (Lipinski definition) is 3. The van der Waals surface area contributed by atoms with E-state index in [1.54, 1.807) is 7.11 Å². The van der Waals surface area contributed by atoms with E-state index in [4.69, 9.17) is 4.74 Å². The Balaban J connectivity index is 2.35. The van der Waals surface area contributed by atoms with Gasteiger partial charge in [-0.15, -0.1) is 0 Å². The molecule has 0 amide bonds. The van der Waals surface area contributed by atoms with Gasteiger partial charge in [0.2, 0.25) is 0 Å². The van der Waals surface area contributed by atoms with E-state index in [-0.39, 0.29) is 6.10 Å². The number of hydrogen-bond donors (Lipinski definition) is 1. The van der Waals surface area contributed by atoms with Gasteiger partial charge in [-0.25, -0.2) is 0 Å². The molecule has 1 N–H and O–H groups in total. The minimum absolute atomic E-state index is 0.201. The summed E-state index contributed by atoms with van der Waals surface area (Å²) in [4.78, 5) is 2.36. The van der Waals surface area contributed by atoms with E-state index >= 15 is 0 Å². The van der Waals surface area contributed by atoms with Crippen LogP contribution in [0, 0.1) is 5.92 Å². The van der Waals surface area contributed by atoms with Crippen molar-refractivity contribution in [2.45, 2.75) is 38.8 Å². The van der Waals surface area contributed by atoms with Crippen LogP contribution in [0.2, 0.25) is 0 Å². The van der Waals surface area contributed by atoms with E-state index in [1.807, 2.05) is 0 Å². The lowest BCUT2D eigenvalue weighted by Gasteiger charge is -2.27. The van der Waals surface area contributed by atoms with E-state index in [9.17, 15) is 5.11 Å². The molecule has 1 aliphatic rings. The number of rotatable bonds is 5. The van der Waals surface area contributed by atoms with Crippen molar-refractivity contribution in [3.05, 3.63) is 0 Å². The second-order valence-electron chi connectivity index (χ2n) is 4.56. The monoisotopic (exact) mass is 201 g/mol. The number of ether oxygens (including phenoxy) is 1. The molecule has 14 heavy (non-hydrogen) atoms. The van der Waals surface area contributed by atoms with Crippen molar-refractivity contribution in [1.29, 1.82) is 0 Å². The highest BCUT2D eigenvalue weighted by Crippen LogP contribution is 2.18. The van der Waals surface area contributed by atoms with Gasteiger partial charge in [0, 0.05) is 19.7 Å². The van der Waals surface area contributed by atoms with Crippen molar-refractivity contribution in [2.24, 2.45) is 5.92 Å². The van der Waals surface area contributed by atoms with Crippen molar-refractivity contribution < 1.29 is 9.84 Å². The van der Waals surface area contributed by atoms with Crippen molar-refractivity contribution in [3.8, 4) is 0 Å². The first kappa shape index (κ1) is 12.0. The average molecular weight is 201 g/mol. The van der Waals surface area contributed by atoms with E-state index in [0.717, 1.165) is 19.7 Å². The molecule has 0 aromatic heterocycles. The minimum atomic E-state index is -0.201. The molecular weight excluding hydrogens is 178 g/mol. The van der Waals surface area contributed by atoms with Gasteiger partial charge >= 0.3 is 0 Å². The van der Waals surface area contributed by atoms with Crippen LogP contribution >= 0.6 is 0 Å². The summed E-state index contributed by atoms with van der Waals surface area (Å²) in [6.07, 6.45) is 2.24. The van der Waals surface area contributed by atoms with Crippen LogP contribution in [0.1, 0.15) is 26.7 Å². The second kappa shape index (κ2) is 5.69. The number of aliphatic hydroxyl groups excluding tert-OH is 1. The van der Waals surface area contributed by atoms with E-state index in [2.05, 4.69) is 18.7 Å². The Morgan fingerprint density at radius 2 is 2.21 bits per heavy atom. The highest BCUT2D eigenvalue weighted by Gasteiger charge is 2.26. The number of methoxy groups -OCH3 is 1. The van der Waals surface area contributed by atoms with Crippen molar-refractivity contribution in [1.82, 2.24) is 4.90 Å². The fraction of sp³-hybridized carbons (Fsp3) is 1.00. The van der Waals surface area contributed by atoms with Gasteiger partial charge in [0.1, 0.15) is 0 Å². The van der Waals surface area contributed by atoms with Gasteiger partial charge in [-0.05, 0) is 25.3 Å². The molecule has 0 radical (unpaired) electrons. The molecule has 1 saturated heterocycles. The molecule has 1 aliphatic heterocycles. The van der Waals surface area contributed by atoms with Gasteiger partial charge < -0.3 is 9.84 Å². The number of β-amino-alcohol motifs (C(OH)–C–C–N with tert-alkyl or cyclic N) is 1. The van der Waals surface area contributed by atoms with Crippen molar-refractivity contribution in [2.75, 3.05) is 26.8 Å². The first-order chi connectivity index (χ1) is 6.65. The maximum absolute atomic E-state index is 9.79. The zero-order valence-electron chi connectivity index (χ0n) is 9.57. The molecule has 2 atom stereocenters. The summed E-state index contributed by atoms with van der Waals surface area (Å²) in [7, 11) is 1.75. The molecule has 0 spiro atoms.